The van der Waals surface area contributed by atoms with Crippen molar-refractivity contribution in [2.45, 2.75) is 6.54 Å². The predicted molar refractivity (Wildman–Crippen MR) is 46.7 cm³/mol. The van der Waals surface area contributed by atoms with Crippen molar-refractivity contribution in [3.8, 4) is 0 Å². The molecule has 0 radical (unpaired) electrons. The number of amides is 2. The Kier molecular flexibility index (Phi) is 2.74. The Hall–Kier alpha value is -1.45. The third kappa shape index (κ3) is 2.30. The molecule has 12 heavy (non-hydrogen) atoms. The molecule has 2 amide bonds. The molecule has 4 nitrogen and oxygen atoms in total. The molecule has 0 aliphatic rings. The van der Waals surface area contributed by atoms with Crippen LogP contribution in [-0.2, 0) is 13.6 Å². The molecule has 1 aromatic heterocycles. The van der Waals surface area contributed by atoms with E-state index in [1.54, 1.807) is 7.05 Å². The van der Waals surface area contributed by atoms with Gasteiger partial charge in [-0.2, -0.15) is 0 Å². The minimum Gasteiger partial charge on any atom is -0.357 e. The fourth-order valence-electron chi connectivity index (χ4n) is 0.936. The van der Waals surface area contributed by atoms with Gasteiger partial charge in [0.2, 0.25) is 0 Å². The molecule has 0 fully saturated rings. The van der Waals surface area contributed by atoms with Gasteiger partial charge in [-0.05, 0) is 11.6 Å². The summed E-state index contributed by atoms with van der Waals surface area (Å²) in [5, 5.41) is 5.18. The summed E-state index contributed by atoms with van der Waals surface area (Å²) in [6.07, 6.45) is 3.91. The van der Waals surface area contributed by atoms with Crippen molar-refractivity contribution < 1.29 is 4.79 Å². The van der Waals surface area contributed by atoms with Crippen LogP contribution in [0.1, 0.15) is 5.56 Å². The summed E-state index contributed by atoms with van der Waals surface area (Å²) in [5.74, 6) is 0. The number of nitrogens with zero attached hydrogens (tertiary/aromatic N) is 1. The third-order valence-electron chi connectivity index (χ3n) is 1.57. The van der Waals surface area contributed by atoms with E-state index in [0.29, 0.717) is 6.54 Å². The van der Waals surface area contributed by atoms with Crippen LogP contribution in [0.4, 0.5) is 4.79 Å². The highest BCUT2D eigenvalue weighted by atomic mass is 16.2. The van der Waals surface area contributed by atoms with Gasteiger partial charge in [0.25, 0.3) is 0 Å². The normalized spacial score (nSPS) is 9.50. The van der Waals surface area contributed by atoms with Gasteiger partial charge in [0, 0.05) is 33.0 Å². The summed E-state index contributed by atoms with van der Waals surface area (Å²) < 4.78 is 1.95. The molecule has 0 atom stereocenters. The number of carbonyl (C=O) groups is 1. The number of rotatable bonds is 2. The Bertz CT molecular complexity index is 267. The first-order chi connectivity index (χ1) is 5.72. The lowest BCUT2D eigenvalue weighted by Crippen LogP contribution is -2.31. The van der Waals surface area contributed by atoms with Crippen LogP contribution in [-0.4, -0.2) is 17.6 Å². The van der Waals surface area contributed by atoms with Gasteiger partial charge in [-0.25, -0.2) is 4.79 Å². The van der Waals surface area contributed by atoms with E-state index in [1.165, 1.54) is 0 Å². The van der Waals surface area contributed by atoms with Gasteiger partial charge >= 0.3 is 6.03 Å². The summed E-state index contributed by atoms with van der Waals surface area (Å²) in [6, 6.07) is 1.81. The van der Waals surface area contributed by atoms with Crippen LogP contribution in [0, 0.1) is 0 Å². The second kappa shape index (κ2) is 3.80. The standard InChI is InChI=1S/C8H13N3O/c1-9-8(12)10-5-7-3-4-11(2)6-7/h3-4,6H,5H2,1-2H3,(H2,9,10,12). The number of urea groups is 1. The summed E-state index contributed by atoms with van der Waals surface area (Å²) in [5.41, 5.74) is 1.10. The average Bonchev–Trinajstić information content (AvgIpc) is 2.47. The van der Waals surface area contributed by atoms with E-state index < -0.39 is 0 Å². The zero-order valence-electron chi connectivity index (χ0n) is 7.29. The lowest BCUT2D eigenvalue weighted by Gasteiger charge is -2.01. The highest BCUT2D eigenvalue weighted by Gasteiger charge is 1.97. The number of hydrogen-bond donors (Lipinski definition) is 2. The number of hydrogen-bond acceptors (Lipinski definition) is 1. The maximum atomic E-state index is 10.8. The van der Waals surface area contributed by atoms with Crippen LogP contribution in [0.5, 0.6) is 0 Å². The van der Waals surface area contributed by atoms with Crippen LogP contribution < -0.4 is 10.6 Å². The van der Waals surface area contributed by atoms with Crippen molar-refractivity contribution in [2.24, 2.45) is 7.05 Å². The molecule has 0 saturated carbocycles. The molecule has 1 rings (SSSR count). The zero-order valence-corrected chi connectivity index (χ0v) is 7.29. The molecule has 0 aliphatic heterocycles. The molecule has 66 valence electrons. The fourth-order valence-corrected chi connectivity index (χ4v) is 0.936. The number of aryl methyl sites for hydroxylation is 1. The Morgan fingerprint density at radius 1 is 1.67 bits per heavy atom. The van der Waals surface area contributed by atoms with Crippen molar-refractivity contribution in [3.63, 3.8) is 0 Å². The SMILES string of the molecule is CNC(=O)NCc1ccn(C)c1. The second-order valence-corrected chi connectivity index (χ2v) is 2.62. The Labute approximate surface area is 71.6 Å². The fraction of sp³-hybridized carbons (Fsp3) is 0.375. The van der Waals surface area contributed by atoms with E-state index in [2.05, 4.69) is 10.6 Å². The van der Waals surface area contributed by atoms with Crippen LogP contribution in [0.2, 0.25) is 0 Å². The van der Waals surface area contributed by atoms with Gasteiger partial charge in [-0.3, -0.25) is 0 Å². The first-order valence-corrected chi connectivity index (χ1v) is 3.79. The van der Waals surface area contributed by atoms with Gasteiger partial charge in [0.15, 0.2) is 0 Å². The Morgan fingerprint density at radius 2 is 2.42 bits per heavy atom. The van der Waals surface area contributed by atoms with Crippen LogP contribution in [0.25, 0.3) is 0 Å². The van der Waals surface area contributed by atoms with E-state index in [9.17, 15) is 4.79 Å². The second-order valence-electron chi connectivity index (χ2n) is 2.62. The molecule has 0 spiro atoms. The third-order valence-corrected chi connectivity index (χ3v) is 1.57. The van der Waals surface area contributed by atoms with Crippen molar-refractivity contribution in [1.82, 2.24) is 15.2 Å². The highest BCUT2D eigenvalue weighted by Crippen LogP contribution is 1.97. The van der Waals surface area contributed by atoms with Gasteiger partial charge in [0.05, 0.1) is 0 Å². The Balaban J connectivity index is 2.38. The summed E-state index contributed by atoms with van der Waals surface area (Å²) in [6.45, 7) is 0.570. The number of nitrogens with one attached hydrogen (secondary N) is 2. The summed E-state index contributed by atoms with van der Waals surface area (Å²) >= 11 is 0. The van der Waals surface area contributed by atoms with Crippen LogP contribution in [0.3, 0.4) is 0 Å². The molecular formula is C8H13N3O. The monoisotopic (exact) mass is 167 g/mol. The first kappa shape index (κ1) is 8.64. The average molecular weight is 167 g/mol. The molecule has 0 bridgehead atoms. The molecular weight excluding hydrogens is 154 g/mol. The minimum absolute atomic E-state index is 0.154. The molecule has 1 heterocycles. The number of carbonyl (C=O) groups excluding carboxylic acids is 1. The molecule has 0 unspecified atom stereocenters. The summed E-state index contributed by atoms with van der Waals surface area (Å²) in [4.78, 5) is 10.8. The van der Waals surface area contributed by atoms with Crippen molar-refractivity contribution in [2.75, 3.05) is 7.05 Å². The smallest absolute Gasteiger partial charge is 0.314 e. The van der Waals surface area contributed by atoms with E-state index >= 15 is 0 Å². The van der Waals surface area contributed by atoms with Crippen molar-refractivity contribution >= 4 is 6.03 Å². The number of aromatic nitrogens is 1. The van der Waals surface area contributed by atoms with Gasteiger partial charge in [-0.15, -0.1) is 0 Å². The maximum Gasteiger partial charge on any atom is 0.314 e. The molecule has 4 heteroatoms. The lowest BCUT2D eigenvalue weighted by atomic mass is 10.3. The van der Waals surface area contributed by atoms with Gasteiger partial charge in [0.1, 0.15) is 0 Å². The molecule has 0 aliphatic carbocycles. The van der Waals surface area contributed by atoms with Gasteiger partial charge < -0.3 is 15.2 Å². The summed E-state index contributed by atoms with van der Waals surface area (Å²) in [7, 11) is 3.55. The first-order valence-electron chi connectivity index (χ1n) is 3.79. The van der Waals surface area contributed by atoms with Crippen LogP contribution in [0.15, 0.2) is 18.5 Å². The molecule has 2 N–H and O–H groups in total. The van der Waals surface area contributed by atoms with E-state index in [1.807, 2.05) is 30.1 Å². The lowest BCUT2D eigenvalue weighted by molar-refractivity contribution is 0.242. The largest absolute Gasteiger partial charge is 0.357 e. The molecule has 0 aromatic carbocycles. The zero-order chi connectivity index (χ0) is 8.97. The van der Waals surface area contributed by atoms with Crippen LogP contribution >= 0.6 is 0 Å². The molecule has 1 aromatic rings. The maximum absolute atomic E-state index is 10.8. The van der Waals surface area contributed by atoms with Crippen molar-refractivity contribution in [1.29, 1.82) is 0 Å². The van der Waals surface area contributed by atoms with Crippen molar-refractivity contribution in [3.05, 3.63) is 24.0 Å². The minimum atomic E-state index is -0.154. The van der Waals surface area contributed by atoms with E-state index in [0.717, 1.165) is 5.56 Å². The quantitative estimate of drug-likeness (QED) is 0.660. The topological polar surface area (TPSA) is 46.1 Å². The van der Waals surface area contributed by atoms with E-state index in [-0.39, 0.29) is 6.03 Å². The van der Waals surface area contributed by atoms with Gasteiger partial charge in [-0.1, -0.05) is 0 Å². The Morgan fingerprint density at radius 3 is 2.92 bits per heavy atom. The highest BCUT2D eigenvalue weighted by molar-refractivity contribution is 5.73. The molecule has 0 saturated heterocycles. The van der Waals surface area contributed by atoms with E-state index in [4.69, 9.17) is 0 Å². The predicted octanol–water partition coefficient (Wildman–Crippen LogP) is 0.454.